The van der Waals surface area contributed by atoms with Crippen LogP contribution < -0.4 is 16.0 Å². The highest BCUT2D eigenvalue weighted by atomic mass is 16.5. The molecule has 1 aliphatic rings. The third kappa shape index (κ3) is 3.07. The number of carbonyl (C=O) groups is 2. The van der Waals surface area contributed by atoms with Crippen molar-refractivity contribution in [1.82, 2.24) is 10.3 Å². The molecule has 1 fully saturated rings. The van der Waals surface area contributed by atoms with Crippen molar-refractivity contribution in [2.45, 2.75) is 26.3 Å². The van der Waals surface area contributed by atoms with E-state index in [1.165, 1.54) is 6.20 Å². The second kappa shape index (κ2) is 6.43. The molecule has 114 valence electrons. The monoisotopic (exact) mass is 292 g/mol. The fraction of sp³-hybridized carbons (Fsp3) is 0.500. The zero-order valence-corrected chi connectivity index (χ0v) is 12.3. The van der Waals surface area contributed by atoms with Crippen molar-refractivity contribution in [3.8, 4) is 0 Å². The van der Waals surface area contributed by atoms with Gasteiger partial charge in [0.2, 0.25) is 5.91 Å². The summed E-state index contributed by atoms with van der Waals surface area (Å²) >= 11 is 0. The summed E-state index contributed by atoms with van der Waals surface area (Å²) in [5.74, 6) is 0.0576. The molecule has 0 bridgehead atoms. The molecule has 1 saturated heterocycles. The van der Waals surface area contributed by atoms with Gasteiger partial charge in [-0.25, -0.2) is 9.78 Å². The molecule has 0 aromatic carbocycles. The molecule has 2 rings (SSSR count). The number of anilines is 2. The van der Waals surface area contributed by atoms with Gasteiger partial charge in [-0.2, -0.15) is 0 Å². The molecule has 1 aromatic rings. The zero-order valence-electron chi connectivity index (χ0n) is 12.3. The molecule has 21 heavy (non-hydrogen) atoms. The summed E-state index contributed by atoms with van der Waals surface area (Å²) in [6.45, 7) is 5.14. The molecule has 1 amide bonds. The van der Waals surface area contributed by atoms with Crippen LogP contribution in [0.15, 0.2) is 12.3 Å². The first-order valence-corrected chi connectivity index (χ1v) is 7.05. The summed E-state index contributed by atoms with van der Waals surface area (Å²) in [5.41, 5.74) is 6.33. The van der Waals surface area contributed by atoms with Crippen LogP contribution in [0.5, 0.6) is 0 Å². The Balaban J connectivity index is 2.33. The van der Waals surface area contributed by atoms with E-state index in [2.05, 4.69) is 10.3 Å². The average molecular weight is 292 g/mol. The van der Waals surface area contributed by atoms with Crippen molar-refractivity contribution < 1.29 is 14.3 Å². The van der Waals surface area contributed by atoms with Gasteiger partial charge in [0.25, 0.3) is 0 Å². The molecule has 1 aliphatic heterocycles. The Hall–Kier alpha value is -2.31. The van der Waals surface area contributed by atoms with Crippen molar-refractivity contribution in [3.63, 3.8) is 0 Å². The van der Waals surface area contributed by atoms with E-state index in [0.29, 0.717) is 25.3 Å². The zero-order chi connectivity index (χ0) is 15.4. The van der Waals surface area contributed by atoms with Crippen molar-refractivity contribution >= 4 is 23.4 Å². The second-order valence-corrected chi connectivity index (χ2v) is 4.76. The normalized spacial score (nSPS) is 18.3. The maximum absolute atomic E-state index is 11.9. The van der Waals surface area contributed by atoms with E-state index in [4.69, 9.17) is 10.5 Å². The smallest absolute Gasteiger partial charge is 0.340 e. The lowest BCUT2D eigenvalue weighted by molar-refractivity contribution is -0.123. The highest BCUT2D eigenvalue weighted by Gasteiger charge is 2.29. The first kappa shape index (κ1) is 15.1. The molecule has 0 aliphatic carbocycles. The van der Waals surface area contributed by atoms with Gasteiger partial charge in [0.1, 0.15) is 11.9 Å². The van der Waals surface area contributed by atoms with E-state index in [1.54, 1.807) is 13.0 Å². The number of carbonyl (C=O) groups excluding carboxylic acids is 2. The molecule has 1 atom stereocenters. The fourth-order valence-electron chi connectivity index (χ4n) is 2.39. The van der Waals surface area contributed by atoms with Gasteiger partial charge in [-0.15, -0.1) is 0 Å². The largest absolute Gasteiger partial charge is 0.462 e. The third-order valence-corrected chi connectivity index (χ3v) is 3.43. The number of pyridine rings is 1. The summed E-state index contributed by atoms with van der Waals surface area (Å²) in [6.07, 6.45) is 2.09. The van der Waals surface area contributed by atoms with Gasteiger partial charge in [-0.1, -0.05) is 6.92 Å². The Labute approximate surface area is 123 Å². The lowest BCUT2D eigenvalue weighted by Gasteiger charge is -2.35. The van der Waals surface area contributed by atoms with Crippen LogP contribution in [0.4, 0.5) is 11.5 Å². The number of ether oxygens (including phenoxy) is 1. The highest BCUT2D eigenvalue weighted by molar-refractivity contribution is 5.96. The summed E-state index contributed by atoms with van der Waals surface area (Å²) < 4.78 is 4.98. The number of esters is 1. The molecule has 2 heterocycles. The van der Waals surface area contributed by atoms with Crippen molar-refractivity contribution in [1.29, 1.82) is 0 Å². The minimum absolute atomic E-state index is 0.0277. The SMILES string of the molecule is CCOC(=O)c1cc(N2CCNC(=O)C2CC)ncc1N. The standard InChI is InChI=1S/C14H20N4O3/c1-3-11-13(19)16-5-6-18(11)12-7-9(10(15)8-17-12)14(20)21-4-2/h7-8,11H,3-6,15H2,1-2H3,(H,16,19). The molecule has 1 unspecified atom stereocenters. The molecule has 0 spiro atoms. The number of piperazine rings is 1. The first-order chi connectivity index (χ1) is 10.1. The summed E-state index contributed by atoms with van der Waals surface area (Å²) in [7, 11) is 0. The Morgan fingerprint density at radius 2 is 2.33 bits per heavy atom. The van der Waals surface area contributed by atoms with E-state index in [-0.39, 0.29) is 29.8 Å². The maximum Gasteiger partial charge on any atom is 0.340 e. The molecular formula is C14H20N4O3. The number of amides is 1. The number of nitrogen functional groups attached to an aromatic ring is 1. The topological polar surface area (TPSA) is 97.5 Å². The second-order valence-electron chi connectivity index (χ2n) is 4.76. The van der Waals surface area contributed by atoms with Gasteiger partial charge in [0, 0.05) is 13.1 Å². The molecule has 1 aromatic heterocycles. The van der Waals surface area contributed by atoms with Crippen molar-refractivity contribution in [2.24, 2.45) is 0 Å². The fourth-order valence-corrected chi connectivity index (χ4v) is 2.39. The van der Waals surface area contributed by atoms with E-state index < -0.39 is 5.97 Å². The van der Waals surface area contributed by atoms with Crippen molar-refractivity contribution in [2.75, 3.05) is 30.3 Å². The molecule has 0 saturated carbocycles. The predicted molar refractivity (Wildman–Crippen MR) is 79.0 cm³/mol. The van der Waals surface area contributed by atoms with Crippen LogP contribution in [-0.2, 0) is 9.53 Å². The predicted octanol–water partition coefficient (Wildman–Crippen LogP) is 0.555. The summed E-state index contributed by atoms with van der Waals surface area (Å²) in [6, 6.07) is 1.30. The molecule has 3 N–H and O–H groups in total. The molecular weight excluding hydrogens is 272 g/mol. The van der Waals surface area contributed by atoms with Crippen LogP contribution >= 0.6 is 0 Å². The van der Waals surface area contributed by atoms with Gasteiger partial charge in [-0.05, 0) is 19.4 Å². The maximum atomic E-state index is 11.9. The Morgan fingerprint density at radius 1 is 1.57 bits per heavy atom. The van der Waals surface area contributed by atoms with Gasteiger partial charge in [0.05, 0.1) is 24.1 Å². The minimum atomic E-state index is -0.479. The number of nitrogens with one attached hydrogen (secondary N) is 1. The number of hydrogen-bond donors (Lipinski definition) is 2. The summed E-state index contributed by atoms with van der Waals surface area (Å²) in [4.78, 5) is 29.9. The van der Waals surface area contributed by atoms with Crippen LogP contribution in [-0.4, -0.2) is 42.6 Å². The van der Waals surface area contributed by atoms with Gasteiger partial charge in [0.15, 0.2) is 0 Å². The lowest BCUT2D eigenvalue weighted by Crippen LogP contribution is -2.55. The Kier molecular flexibility index (Phi) is 4.62. The van der Waals surface area contributed by atoms with Crippen molar-refractivity contribution in [3.05, 3.63) is 17.8 Å². The number of aromatic nitrogens is 1. The van der Waals surface area contributed by atoms with Gasteiger partial charge in [-0.3, -0.25) is 4.79 Å². The molecule has 0 radical (unpaired) electrons. The van der Waals surface area contributed by atoms with E-state index >= 15 is 0 Å². The van der Waals surface area contributed by atoms with Crippen LogP contribution in [0.2, 0.25) is 0 Å². The first-order valence-electron chi connectivity index (χ1n) is 7.05. The van der Waals surface area contributed by atoms with Crippen LogP contribution in [0.3, 0.4) is 0 Å². The van der Waals surface area contributed by atoms with Crippen LogP contribution in [0.1, 0.15) is 30.6 Å². The summed E-state index contributed by atoms with van der Waals surface area (Å²) in [5, 5.41) is 2.83. The average Bonchev–Trinajstić information content (AvgIpc) is 2.47. The molecule has 7 nitrogen and oxygen atoms in total. The Bertz CT molecular complexity index is 547. The minimum Gasteiger partial charge on any atom is -0.462 e. The van der Waals surface area contributed by atoms with E-state index in [9.17, 15) is 9.59 Å². The number of rotatable bonds is 4. The van der Waals surface area contributed by atoms with Crippen LogP contribution in [0, 0.1) is 0 Å². The number of nitrogens with two attached hydrogens (primary N) is 1. The van der Waals surface area contributed by atoms with E-state index in [0.717, 1.165) is 0 Å². The quantitative estimate of drug-likeness (QED) is 0.787. The van der Waals surface area contributed by atoms with Crippen LogP contribution in [0.25, 0.3) is 0 Å². The highest BCUT2D eigenvalue weighted by Crippen LogP contribution is 2.23. The molecule has 7 heteroatoms. The van der Waals surface area contributed by atoms with Gasteiger partial charge >= 0.3 is 5.97 Å². The number of hydrogen-bond acceptors (Lipinski definition) is 6. The number of nitrogens with zero attached hydrogens (tertiary/aromatic N) is 2. The van der Waals surface area contributed by atoms with E-state index in [1.807, 2.05) is 11.8 Å². The van der Waals surface area contributed by atoms with Gasteiger partial charge < -0.3 is 20.7 Å². The lowest BCUT2D eigenvalue weighted by atomic mass is 10.1. The third-order valence-electron chi connectivity index (χ3n) is 3.43. The Morgan fingerprint density at radius 3 is 3.00 bits per heavy atom.